The zero-order chi connectivity index (χ0) is 12.8. The van der Waals surface area contributed by atoms with Gasteiger partial charge in [-0.1, -0.05) is 0 Å². The lowest BCUT2D eigenvalue weighted by Crippen LogP contribution is -2.31. The summed E-state index contributed by atoms with van der Waals surface area (Å²) in [5, 5.41) is 6.58. The zero-order valence-electron chi connectivity index (χ0n) is 11.1. The number of aromatic nitrogens is 2. The van der Waals surface area contributed by atoms with Crippen molar-refractivity contribution in [2.24, 2.45) is 5.92 Å². The standard InChI is InChI=1S/C13H22N4O/c1-3-14-13-15-7-4-12(17-13)16-10(2)11-5-8-18-9-6-11/h4,7,10-11H,3,5-6,8-9H2,1-2H3,(H2,14,15,16,17). The minimum absolute atomic E-state index is 0.415. The van der Waals surface area contributed by atoms with E-state index >= 15 is 0 Å². The molecule has 1 aromatic rings. The van der Waals surface area contributed by atoms with Gasteiger partial charge in [-0.25, -0.2) is 4.98 Å². The molecule has 1 unspecified atom stereocenters. The fourth-order valence-electron chi connectivity index (χ4n) is 2.25. The van der Waals surface area contributed by atoms with Crippen LogP contribution in [0.2, 0.25) is 0 Å². The van der Waals surface area contributed by atoms with Gasteiger partial charge in [0.15, 0.2) is 0 Å². The Morgan fingerprint density at radius 1 is 1.44 bits per heavy atom. The second-order valence-electron chi connectivity index (χ2n) is 4.68. The average molecular weight is 250 g/mol. The molecule has 2 N–H and O–H groups in total. The average Bonchev–Trinajstić information content (AvgIpc) is 2.40. The van der Waals surface area contributed by atoms with E-state index in [1.807, 2.05) is 13.0 Å². The van der Waals surface area contributed by atoms with Crippen LogP contribution in [0.1, 0.15) is 26.7 Å². The lowest BCUT2D eigenvalue weighted by atomic mass is 9.93. The van der Waals surface area contributed by atoms with Gasteiger partial charge in [0.25, 0.3) is 0 Å². The number of ether oxygens (including phenoxy) is 1. The lowest BCUT2D eigenvalue weighted by molar-refractivity contribution is 0.0622. The number of hydrogen-bond donors (Lipinski definition) is 2. The van der Waals surface area contributed by atoms with E-state index < -0.39 is 0 Å². The van der Waals surface area contributed by atoms with Gasteiger partial charge >= 0.3 is 0 Å². The third kappa shape index (κ3) is 3.57. The molecule has 100 valence electrons. The molecule has 1 aliphatic heterocycles. The van der Waals surface area contributed by atoms with E-state index in [1.54, 1.807) is 6.20 Å². The molecule has 0 saturated carbocycles. The van der Waals surface area contributed by atoms with Crippen molar-refractivity contribution in [1.29, 1.82) is 0 Å². The molecule has 2 heterocycles. The zero-order valence-corrected chi connectivity index (χ0v) is 11.1. The molecule has 0 aromatic carbocycles. The highest BCUT2D eigenvalue weighted by atomic mass is 16.5. The van der Waals surface area contributed by atoms with Crippen molar-refractivity contribution in [3.63, 3.8) is 0 Å². The Labute approximate surface area is 108 Å². The van der Waals surface area contributed by atoms with Crippen molar-refractivity contribution in [2.45, 2.75) is 32.7 Å². The molecule has 0 aliphatic carbocycles. The maximum Gasteiger partial charge on any atom is 0.224 e. The van der Waals surface area contributed by atoms with Crippen LogP contribution < -0.4 is 10.6 Å². The van der Waals surface area contributed by atoms with E-state index in [0.717, 1.165) is 38.4 Å². The Morgan fingerprint density at radius 2 is 2.22 bits per heavy atom. The van der Waals surface area contributed by atoms with Crippen molar-refractivity contribution < 1.29 is 4.74 Å². The number of rotatable bonds is 5. The van der Waals surface area contributed by atoms with Gasteiger partial charge in [0, 0.05) is 32.0 Å². The van der Waals surface area contributed by atoms with Gasteiger partial charge in [-0.05, 0) is 38.7 Å². The van der Waals surface area contributed by atoms with E-state index in [-0.39, 0.29) is 0 Å². The highest BCUT2D eigenvalue weighted by Gasteiger charge is 2.20. The van der Waals surface area contributed by atoms with Crippen molar-refractivity contribution >= 4 is 11.8 Å². The van der Waals surface area contributed by atoms with Crippen LogP contribution in [-0.2, 0) is 4.74 Å². The Bertz CT molecular complexity index is 366. The van der Waals surface area contributed by atoms with Gasteiger partial charge in [-0.2, -0.15) is 4.98 Å². The Morgan fingerprint density at radius 3 is 2.94 bits per heavy atom. The molecule has 0 bridgehead atoms. The van der Waals surface area contributed by atoms with Crippen molar-refractivity contribution in [3.8, 4) is 0 Å². The summed E-state index contributed by atoms with van der Waals surface area (Å²) >= 11 is 0. The Balaban J connectivity index is 1.93. The van der Waals surface area contributed by atoms with Gasteiger partial charge in [-0.15, -0.1) is 0 Å². The van der Waals surface area contributed by atoms with Crippen molar-refractivity contribution in [1.82, 2.24) is 9.97 Å². The second kappa shape index (κ2) is 6.54. The highest BCUT2D eigenvalue weighted by Crippen LogP contribution is 2.21. The third-order valence-corrected chi connectivity index (χ3v) is 3.34. The summed E-state index contributed by atoms with van der Waals surface area (Å²) in [4.78, 5) is 8.60. The number of nitrogens with one attached hydrogen (secondary N) is 2. The first-order valence-corrected chi connectivity index (χ1v) is 6.70. The molecular formula is C13H22N4O. The van der Waals surface area contributed by atoms with Crippen molar-refractivity contribution in [2.75, 3.05) is 30.4 Å². The number of anilines is 2. The highest BCUT2D eigenvalue weighted by molar-refractivity contribution is 5.40. The fraction of sp³-hybridized carbons (Fsp3) is 0.692. The monoisotopic (exact) mass is 250 g/mol. The van der Waals surface area contributed by atoms with Gasteiger partial charge in [0.05, 0.1) is 0 Å². The first-order chi connectivity index (χ1) is 8.79. The maximum atomic E-state index is 5.39. The summed E-state index contributed by atoms with van der Waals surface area (Å²) in [5.41, 5.74) is 0. The molecule has 2 rings (SSSR count). The van der Waals surface area contributed by atoms with Crippen LogP contribution >= 0.6 is 0 Å². The minimum Gasteiger partial charge on any atom is -0.381 e. The van der Waals surface area contributed by atoms with Gasteiger partial charge < -0.3 is 15.4 Å². The van der Waals surface area contributed by atoms with Crippen LogP contribution in [0.15, 0.2) is 12.3 Å². The first kappa shape index (κ1) is 13.1. The fourth-order valence-corrected chi connectivity index (χ4v) is 2.25. The van der Waals surface area contributed by atoms with Crippen LogP contribution in [0, 0.1) is 5.92 Å². The largest absolute Gasteiger partial charge is 0.381 e. The topological polar surface area (TPSA) is 59.1 Å². The molecule has 1 saturated heterocycles. The SMILES string of the molecule is CCNc1nccc(NC(C)C2CCOCC2)n1. The normalized spacial score (nSPS) is 18.3. The molecule has 1 aromatic heterocycles. The second-order valence-corrected chi connectivity index (χ2v) is 4.68. The summed E-state index contributed by atoms with van der Waals surface area (Å²) in [7, 11) is 0. The van der Waals surface area contributed by atoms with Crippen LogP contribution in [0.25, 0.3) is 0 Å². The summed E-state index contributed by atoms with van der Waals surface area (Å²) in [6.07, 6.45) is 4.03. The maximum absolute atomic E-state index is 5.39. The molecule has 5 heteroatoms. The van der Waals surface area contributed by atoms with Crippen LogP contribution in [0.4, 0.5) is 11.8 Å². The van der Waals surface area contributed by atoms with Crippen LogP contribution in [0.5, 0.6) is 0 Å². The first-order valence-electron chi connectivity index (χ1n) is 6.70. The summed E-state index contributed by atoms with van der Waals surface area (Å²) in [6.45, 7) is 6.84. The predicted octanol–water partition coefficient (Wildman–Crippen LogP) is 2.14. The Kier molecular flexibility index (Phi) is 4.75. The summed E-state index contributed by atoms with van der Waals surface area (Å²) in [6, 6.07) is 2.33. The molecular weight excluding hydrogens is 228 g/mol. The lowest BCUT2D eigenvalue weighted by Gasteiger charge is -2.28. The van der Waals surface area contributed by atoms with Gasteiger partial charge in [-0.3, -0.25) is 0 Å². The Hall–Kier alpha value is -1.36. The molecule has 5 nitrogen and oxygen atoms in total. The molecule has 18 heavy (non-hydrogen) atoms. The van der Waals surface area contributed by atoms with Gasteiger partial charge in [0.1, 0.15) is 5.82 Å². The molecule has 0 spiro atoms. The summed E-state index contributed by atoms with van der Waals surface area (Å²) < 4.78 is 5.39. The van der Waals surface area contributed by atoms with Crippen LogP contribution in [0.3, 0.4) is 0 Å². The summed E-state index contributed by atoms with van der Waals surface area (Å²) in [5.74, 6) is 2.23. The number of nitrogens with zero attached hydrogens (tertiary/aromatic N) is 2. The smallest absolute Gasteiger partial charge is 0.224 e. The van der Waals surface area contributed by atoms with Crippen molar-refractivity contribution in [3.05, 3.63) is 12.3 Å². The van der Waals surface area contributed by atoms with E-state index in [0.29, 0.717) is 17.9 Å². The molecule has 0 radical (unpaired) electrons. The molecule has 0 amide bonds. The van der Waals surface area contributed by atoms with E-state index in [9.17, 15) is 0 Å². The van der Waals surface area contributed by atoms with Crippen LogP contribution in [-0.4, -0.2) is 35.8 Å². The molecule has 1 fully saturated rings. The van der Waals surface area contributed by atoms with E-state index in [1.165, 1.54) is 0 Å². The quantitative estimate of drug-likeness (QED) is 0.838. The minimum atomic E-state index is 0.415. The third-order valence-electron chi connectivity index (χ3n) is 3.34. The molecule has 1 atom stereocenters. The van der Waals surface area contributed by atoms with Gasteiger partial charge in [0.2, 0.25) is 5.95 Å². The van der Waals surface area contributed by atoms with E-state index in [4.69, 9.17) is 4.74 Å². The molecule has 1 aliphatic rings. The van der Waals surface area contributed by atoms with E-state index in [2.05, 4.69) is 27.5 Å². The number of hydrogen-bond acceptors (Lipinski definition) is 5. The predicted molar refractivity (Wildman–Crippen MR) is 72.8 cm³/mol.